The molecule has 1 aromatic carbocycles. The fraction of sp³-hybridized carbons (Fsp3) is 0.231. The van der Waals surface area contributed by atoms with Gasteiger partial charge in [0, 0.05) is 60.8 Å². The summed E-state index contributed by atoms with van der Waals surface area (Å²) in [6.07, 6.45) is 6.72. The molecular weight excluding hydrogens is 433 g/mol. The van der Waals surface area contributed by atoms with E-state index in [0.29, 0.717) is 16.9 Å². The van der Waals surface area contributed by atoms with E-state index in [1.165, 1.54) is 24.3 Å². The first-order chi connectivity index (χ1) is 16.5. The zero-order valence-electron chi connectivity index (χ0n) is 18.5. The molecule has 7 nitrogen and oxygen atoms in total. The number of aromatic nitrogens is 3. The molecule has 0 bridgehead atoms. The van der Waals surface area contributed by atoms with Gasteiger partial charge in [0.25, 0.3) is 5.91 Å². The Morgan fingerprint density at radius 1 is 1.06 bits per heavy atom. The molecule has 0 aliphatic carbocycles. The van der Waals surface area contributed by atoms with Crippen molar-refractivity contribution in [2.24, 2.45) is 0 Å². The largest absolute Gasteiger partial charge is 0.393 e. The number of benzene rings is 1. The van der Waals surface area contributed by atoms with Crippen molar-refractivity contribution in [3.05, 3.63) is 84.1 Å². The minimum atomic E-state index is -0.398. The highest BCUT2D eigenvalue weighted by molar-refractivity contribution is 6.04. The number of piperidine rings is 1. The summed E-state index contributed by atoms with van der Waals surface area (Å²) in [6, 6.07) is 13.0. The molecular formula is C26H24FN5O2. The zero-order chi connectivity index (χ0) is 23.5. The lowest BCUT2D eigenvalue weighted by atomic mass is 10.1. The molecule has 1 amide bonds. The number of rotatable bonds is 5. The van der Waals surface area contributed by atoms with Crippen LogP contribution in [0.2, 0.25) is 0 Å². The number of fused-ring (bicyclic) bond motifs is 1. The summed E-state index contributed by atoms with van der Waals surface area (Å²) in [4.78, 5) is 28.2. The maximum absolute atomic E-state index is 13.1. The molecule has 4 heterocycles. The van der Waals surface area contributed by atoms with Crippen LogP contribution in [0.3, 0.4) is 0 Å². The van der Waals surface area contributed by atoms with Gasteiger partial charge in [-0.3, -0.25) is 14.7 Å². The summed E-state index contributed by atoms with van der Waals surface area (Å²) in [5.41, 5.74) is 3.81. The summed E-state index contributed by atoms with van der Waals surface area (Å²) in [5, 5.41) is 13.3. The van der Waals surface area contributed by atoms with Crippen LogP contribution in [0.1, 0.15) is 28.8 Å². The van der Waals surface area contributed by atoms with Crippen LogP contribution in [-0.2, 0) is 6.54 Å². The number of carbonyl (C=O) groups is 1. The Morgan fingerprint density at radius 2 is 1.85 bits per heavy atom. The van der Waals surface area contributed by atoms with Gasteiger partial charge in [0.15, 0.2) is 0 Å². The number of hydrogen-bond acceptors (Lipinski definition) is 6. The second kappa shape index (κ2) is 9.62. The molecule has 172 valence electrons. The topological polar surface area (TPSA) is 91.2 Å². The molecule has 1 saturated heterocycles. The normalized spacial score (nSPS) is 14.9. The third kappa shape index (κ3) is 5.08. The van der Waals surface area contributed by atoms with Crippen LogP contribution in [0.25, 0.3) is 22.2 Å². The average Bonchev–Trinajstić information content (AvgIpc) is 2.85. The summed E-state index contributed by atoms with van der Waals surface area (Å²) in [5.74, 6) is -0.402. The van der Waals surface area contributed by atoms with Gasteiger partial charge in [0.05, 0.1) is 17.3 Å². The fourth-order valence-electron chi connectivity index (χ4n) is 4.08. The van der Waals surface area contributed by atoms with E-state index in [4.69, 9.17) is 4.98 Å². The standard InChI is InChI=1S/C26H24FN5O2/c27-21-4-1-18(2-5-21)26(34)31-25-12-24-19(15-29-25)3-6-23(30-24)20-11-17(13-28-14-20)16-32-9-7-22(33)8-10-32/h1-6,11-15,22,33H,7-10,16H2,(H,29,31,34). The highest BCUT2D eigenvalue weighted by Gasteiger charge is 2.17. The van der Waals surface area contributed by atoms with Crippen molar-refractivity contribution in [3.63, 3.8) is 0 Å². The van der Waals surface area contributed by atoms with Crippen LogP contribution >= 0.6 is 0 Å². The minimum Gasteiger partial charge on any atom is -0.393 e. The van der Waals surface area contributed by atoms with E-state index in [0.717, 1.165) is 54.7 Å². The first-order valence-electron chi connectivity index (χ1n) is 11.2. The number of halogens is 1. The molecule has 0 radical (unpaired) electrons. The molecule has 4 aromatic rings. The maximum atomic E-state index is 13.1. The van der Waals surface area contributed by atoms with E-state index in [2.05, 4.69) is 26.3 Å². The van der Waals surface area contributed by atoms with Gasteiger partial charge in [-0.25, -0.2) is 14.4 Å². The summed E-state index contributed by atoms with van der Waals surface area (Å²) in [7, 11) is 0. The van der Waals surface area contributed by atoms with E-state index >= 15 is 0 Å². The Labute approximate surface area is 196 Å². The lowest BCUT2D eigenvalue weighted by Gasteiger charge is -2.29. The fourth-order valence-corrected chi connectivity index (χ4v) is 4.08. The highest BCUT2D eigenvalue weighted by Crippen LogP contribution is 2.23. The number of nitrogens with one attached hydrogen (secondary N) is 1. The van der Waals surface area contributed by atoms with Crippen LogP contribution in [0.15, 0.2) is 67.1 Å². The van der Waals surface area contributed by atoms with E-state index in [9.17, 15) is 14.3 Å². The molecule has 0 saturated carbocycles. The smallest absolute Gasteiger partial charge is 0.256 e. The van der Waals surface area contributed by atoms with Crippen molar-refractivity contribution < 1.29 is 14.3 Å². The number of carbonyl (C=O) groups excluding carboxylic acids is 1. The SMILES string of the molecule is O=C(Nc1cc2nc(-c3cncc(CN4CCC(O)CC4)c3)ccc2cn1)c1ccc(F)cc1. The van der Waals surface area contributed by atoms with E-state index in [1.807, 2.05) is 18.3 Å². The first-order valence-corrected chi connectivity index (χ1v) is 11.2. The predicted molar refractivity (Wildman–Crippen MR) is 128 cm³/mol. The number of hydrogen-bond donors (Lipinski definition) is 2. The summed E-state index contributed by atoms with van der Waals surface area (Å²) >= 11 is 0. The number of aliphatic hydroxyl groups excluding tert-OH is 1. The molecule has 34 heavy (non-hydrogen) atoms. The van der Waals surface area contributed by atoms with Crippen LogP contribution < -0.4 is 5.32 Å². The lowest BCUT2D eigenvalue weighted by Crippen LogP contribution is -2.35. The number of aliphatic hydroxyl groups is 1. The molecule has 2 N–H and O–H groups in total. The van der Waals surface area contributed by atoms with Gasteiger partial charge < -0.3 is 10.4 Å². The van der Waals surface area contributed by atoms with Crippen molar-refractivity contribution in [2.45, 2.75) is 25.5 Å². The van der Waals surface area contributed by atoms with Gasteiger partial charge in [0.1, 0.15) is 11.6 Å². The van der Waals surface area contributed by atoms with Gasteiger partial charge >= 0.3 is 0 Å². The molecule has 5 rings (SSSR count). The summed E-state index contributed by atoms with van der Waals surface area (Å²) in [6.45, 7) is 2.53. The quantitative estimate of drug-likeness (QED) is 0.470. The van der Waals surface area contributed by atoms with E-state index in [1.54, 1.807) is 18.5 Å². The molecule has 0 atom stereocenters. The maximum Gasteiger partial charge on any atom is 0.256 e. The lowest BCUT2D eigenvalue weighted by molar-refractivity contribution is 0.0792. The van der Waals surface area contributed by atoms with Gasteiger partial charge in [-0.15, -0.1) is 0 Å². The molecule has 8 heteroatoms. The monoisotopic (exact) mass is 457 g/mol. The van der Waals surface area contributed by atoms with Crippen LogP contribution in [0.5, 0.6) is 0 Å². The third-order valence-corrected chi connectivity index (χ3v) is 5.98. The molecule has 1 aliphatic rings. The van der Waals surface area contributed by atoms with Gasteiger partial charge in [0.2, 0.25) is 0 Å². The van der Waals surface area contributed by atoms with Crippen LogP contribution in [-0.4, -0.2) is 50.1 Å². The van der Waals surface area contributed by atoms with E-state index in [-0.39, 0.29) is 12.0 Å². The number of anilines is 1. The Balaban J connectivity index is 1.35. The average molecular weight is 458 g/mol. The number of amides is 1. The Bertz CT molecular complexity index is 1320. The van der Waals surface area contributed by atoms with Crippen LogP contribution in [0, 0.1) is 5.82 Å². The second-order valence-corrected chi connectivity index (χ2v) is 8.51. The summed E-state index contributed by atoms with van der Waals surface area (Å²) < 4.78 is 13.1. The van der Waals surface area contributed by atoms with Gasteiger partial charge in [-0.2, -0.15) is 0 Å². The number of pyridine rings is 3. The van der Waals surface area contributed by atoms with E-state index < -0.39 is 5.82 Å². The van der Waals surface area contributed by atoms with Crippen molar-refractivity contribution in [1.29, 1.82) is 0 Å². The highest BCUT2D eigenvalue weighted by atomic mass is 19.1. The first kappa shape index (κ1) is 22.1. The van der Waals surface area contributed by atoms with Crippen LogP contribution in [0.4, 0.5) is 10.2 Å². The van der Waals surface area contributed by atoms with Crippen molar-refractivity contribution in [3.8, 4) is 11.3 Å². The molecule has 0 spiro atoms. The van der Waals surface area contributed by atoms with Gasteiger partial charge in [-0.1, -0.05) is 0 Å². The Morgan fingerprint density at radius 3 is 2.65 bits per heavy atom. The molecule has 1 fully saturated rings. The Kier molecular flexibility index (Phi) is 6.24. The van der Waals surface area contributed by atoms with Crippen molar-refractivity contribution in [2.75, 3.05) is 18.4 Å². The van der Waals surface area contributed by atoms with Gasteiger partial charge in [-0.05, 0) is 60.9 Å². The van der Waals surface area contributed by atoms with Crippen molar-refractivity contribution in [1.82, 2.24) is 19.9 Å². The number of likely N-dealkylation sites (tertiary alicyclic amines) is 1. The number of nitrogens with zero attached hydrogens (tertiary/aromatic N) is 4. The minimum absolute atomic E-state index is 0.192. The molecule has 3 aromatic heterocycles. The molecule has 1 aliphatic heterocycles. The third-order valence-electron chi connectivity index (χ3n) is 5.98. The Hall–Kier alpha value is -3.75. The van der Waals surface area contributed by atoms with Crippen molar-refractivity contribution >= 4 is 22.6 Å². The second-order valence-electron chi connectivity index (χ2n) is 8.51. The molecule has 0 unspecified atom stereocenters. The predicted octanol–water partition coefficient (Wildman–Crippen LogP) is 4.04. The zero-order valence-corrected chi connectivity index (χ0v) is 18.5.